The third-order valence-electron chi connectivity index (χ3n) is 2.08. The summed E-state index contributed by atoms with van der Waals surface area (Å²) in [7, 11) is 0. The average Bonchev–Trinajstić information content (AvgIpc) is 2.88. The van der Waals surface area contributed by atoms with Gasteiger partial charge in [-0.15, -0.1) is 21.5 Å². The Bertz CT molecular complexity index is 396. The van der Waals surface area contributed by atoms with Gasteiger partial charge in [0.1, 0.15) is 0 Å². The first-order valence-electron chi connectivity index (χ1n) is 4.92. The van der Waals surface area contributed by atoms with E-state index in [1.165, 1.54) is 4.88 Å². The zero-order valence-electron chi connectivity index (χ0n) is 8.35. The molecule has 0 saturated heterocycles. The third kappa shape index (κ3) is 2.87. The normalized spacial score (nSPS) is 10.7. The number of aromatic nitrogens is 2. The molecule has 0 atom stereocenters. The first kappa shape index (κ1) is 10.3. The Morgan fingerprint density at radius 1 is 1.27 bits per heavy atom. The molecule has 2 aromatic rings. The fourth-order valence-electron chi connectivity index (χ4n) is 1.34. The Morgan fingerprint density at radius 2 is 2.13 bits per heavy atom. The molecular weight excluding hydrogens is 210 g/mol. The molecule has 0 bridgehead atoms. The molecule has 0 fully saturated rings. The summed E-state index contributed by atoms with van der Waals surface area (Å²) in [5.41, 5.74) is 5.37. The van der Waals surface area contributed by atoms with Gasteiger partial charge >= 0.3 is 0 Å². The van der Waals surface area contributed by atoms with Crippen molar-refractivity contribution >= 4 is 11.3 Å². The molecule has 0 radical (unpaired) electrons. The predicted molar refractivity (Wildman–Crippen MR) is 58.5 cm³/mol. The molecule has 0 aromatic carbocycles. The summed E-state index contributed by atoms with van der Waals surface area (Å²) >= 11 is 1.78. The van der Waals surface area contributed by atoms with E-state index in [9.17, 15) is 0 Å². The van der Waals surface area contributed by atoms with Gasteiger partial charge in [0, 0.05) is 11.3 Å². The van der Waals surface area contributed by atoms with Crippen molar-refractivity contribution in [3.63, 3.8) is 0 Å². The number of aryl methyl sites for hydroxylation is 2. The zero-order valence-corrected chi connectivity index (χ0v) is 9.17. The van der Waals surface area contributed by atoms with Gasteiger partial charge in [0.25, 0.3) is 0 Å². The first-order chi connectivity index (χ1) is 7.38. The molecular formula is C10H13N3OS. The lowest BCUT2D eigenvalue weighted by Crippen LogP contribution is -1.95. The molecule has 80 valence electrons. The zero-order chi connectivity index (χ0) is 10.5. The van der Waals surface area contributed by atoms with Gasteiger partial charge < -0.3 is 10.2 Å². The highest BCUT2D eigenvalue weighted by atomic mass is 32.1. The Labute approximate surface area is 92.1 Å². The van der Waals surface area contributed by atoms with Gasteiger partial charge in [0.05, 0.1) is 6.54 Å². The number of thiophene rings is 1. The molecule has 5 heteroatoms. The van der Waals surface area contributed by atoms with Crippen LogP contribution in [0.25, 0.3) is 0 Å². The predicted octanol–water partition coefficient (Wildman–Crippen LogP) is 1.77. The van der Waals surface area contributed by atoms with Gasteiger partial charge in [-0.3, -0.25) is 0 Å². The van der Waals surface area contributed by atoms with Gasteiger partial charge in [0.2, 0.25) is 11.8 Å². The lowest BCUT2D eigenvalue weighted by Gasteiger charge is -1.94. The molecule has 2 N–H and O–H groups in total. The standard InChI is InChI=1S/C10H13N3OS/c11-7-10-13-12-9(14-10)5-1-3-8-4-2-6-15-8/h2,4,6H,1,3,5,7,11H2. The summed E-state index contributed by atoms with van der Waals surface area (Å²) < 4.78 is 5.31. The fraction of sp³-hybridized carbons (Fsp3) is 0.400. The van der Waals surface area contributed by atoms with E-state index >= 15 is 0 Å². The number of hydrogen-bond acceptors (Lipinski definition) is 5. The second kappa shape index (κ2) is 5.04. The summed E-state index contributed by atoms with van der Waals surface area (Å²) in [6, 6.07) is 4.21. The second-order valence-corrected chi connectivity index (χ2v) is 4.26. The molecule has 0 aliphatic carbocycles. The minimum absolute atomic E-state index is 0.317. The van der Waals surface area contributed by atoms with Crippen LogP contribution in [-0.4, -0.2) is 10.2 Å². The van der Waals surface area contributed by atoms with E-state index in [-0.39, 0.29) is 0 Å². The van der Waals surface area contributed by atoms with E-state index in [2.05, 4.69) is 27.7 Å². The van der Waals surface area contributed by atoms with Crippen LogP contribution in [0.2, 0.25) is 0 Å². The number of hydrogen-bond donors (Lipinski definition) is 1. The van der Waals surface area contributed by atoms with Crippen molar-refractivity contribution in [2.45, 2.75) is 25.8 Å². The van der Waals surface area contributed by atoms with Crippen molar-refractivity contribution in [2.75, 3.05) is 0 Å². The molecule has 0 amide bonds. The summed E-state index contributed by atoms with van der Waals surface area (Å²) in [5.74, 6) is 1.20. The number of nitrogens with two attached hydrogens (primary N) is 1. The van der Waals surface area contributed by atoms with Crippen LogP contribution < -0.4 is 5.73 Å². The SMILES string of the molecule is NCc1nnc(CCCc2cccs2)o1. The maximum absolute atomic E-state index is 5.37. The van der Waals surface area contributed by atoms with Crippen LogP contribution in [0, 0.1) is 0 Å². The van der Waals surface area contributed by atoms with Crippen molar-refractivity contribution in [1.82, 2.24) is 10.2 Å². The van der Waals surface area contributed by atoms with Crippen LogP contribution >= 0.6 is 11.3 Å². The molecule has 0 spiro atoms. The molecule has 4 nitrogen and oxygen atoms in total. The molecule has 0 aliphatic rings. The summed E-state index contributed by atoms with van der Waals surface area (Å²) in [6.45, 7) is 0.317. The molecule has 2 rings (SSSR count). The van der Waals surface area contributed by atoms with Gasteiger partial charge in [-0.2, -0.15) is 0 Å². The van der Waals surface area contributed by atoms with Crippen molar-refractivity contribution in [3.8, 4) is 0 Å². The Kier molecular flexibility index (Phi) is 3.47. The van der Waals surface area contributed by atoms with Crippen molar-refractivity contribution in [3.05, 3.63) is 34.2 Å². The minimum Gasteiger partial charge on any atom is -0.424 e. The number of rotatable bonds is 5. The summed E-state index contributed by atoms with van der Waals surface area (Å²) in [5, 5.41) is 9.82. The van der Waals surface area contributed by atoms with E-state index in [0.717, 1.165) is 19.3 Å². The van der Waals surface area contributed by atoms with Gasteiger partial charge in [-0.25, -0.2) is 0 Å². The van der Waals surface area contributed by atoms with Crippen molar-refractivity contribution in [1.29, 1.82) is 0 Å². The molecule has 0 saturated carbocycles. The Hall–Kier alpha value is -1.20. The van der Waals surface area contributed by atoms with E-state index < -0.39 is 0 Å². The van der Waals surface area contributed by atoms with Gasteiger partial charge in [-0.1, -0.05) is 6.07 Å². The fourth-order valence-corrected chi connectivity index (χ4v) is 2.09. The lowest BCUT2D eigenvalue weighted by molar-refractivity contribution is 0.446. The van der Waals surface area contributed by atoms with Crippen LogP contribution in [0.15, 0.2) is 21.9 Å². The molecule has 0 aliphatic heterocycles. The molecule has 2 aromatic heterocycles. The highest BCUT2D eigenvalue weighted by Crippen LogP contribution is 2.12. The second-order valence-electron chi connectivity index (χ2n) is 3.23. The van der Waals surface area contributed by atoms with Crippen LogP contribution in [-0.2, 0) is 19.4 Å². The summed E-state index contributed by atoms with van der Waals surface area (Å²) in [4.78, 5) is 1.40. The van der Waals surface area contributed by atoms with Crippen LogP contribution in [0.3, 0.4) is 0 Å². The first-order valence-corrected chi connectivity index (χ1v) is 5.80. The van der Waals surface area contributed by atoms with Crippen molar-refractivity contribution < 1.29 is 4.42 Å². The Morgan fingerprint density at radius 3 is 2.80 bits per heavy atom. The monoisotopic (exact) mass is 223 g/mol. The maximum atomic E-state index is 5.37. The highest BCUT2D eigenvalue weighted by Gasteiger charge is 2.04. The van der Waals surface area contributed by atoms with Crippen LogP contribution in [0.5, 0.6) is 0 Å². The summed E-state index contributed by atoms with van der Waals surface area (Å²) in [6.07, 6.45) is 2.93. The minimum atomic E-state index is 0.317. The maximum Gasteiger partial charge on any atom is 0.230 e. The van der Waals surface area contributed by atoms with E-state index in [4.69, 9.17) is 10.2 Å². The molecule has 2 heterocycles. The van der Waals surface area contributed by atoms with E-state index in [1.807, 2.05) is 0 Å². The third-order valence-corrected chi connectivity index (χ3v) is 3.01. The van der Waals surface area contributed by atoms with Crippen LogP contribution in [0.4, 0.5) is 0 Å². The largest absolute Gasteiger partial charge is 0.424 e. The highest BCUT2D eigenvalue weighted by molar-refractivity contribution is 7.09. The van der Waals surface area contributed by atoms with Gasteiger partial charge in [0.15, 0.2) is 0 Å². The van der Waals surface area contributed by atoms with Crippen LogP contribution in [0.1, 0.15) is 23.1 Å². The lowest BCUT2D eigenvalue weighted by atomic mass is 10.2. The Balaban J connectivity index is 1.78. The number of nitrogens with zero attached hydrogens (tertiary/aromatic N) is 2. The van der Waals surface area contributed by atoms with Crippen molar-refractivity contribution in [2.24, 2.45) is 5.73 Å². The van der Waals surface area contributed by atoms with E-state index in [0.29, 0.717) is 18.3 Å². The quantitative estimate of drug-likeness (QED) is 0.839. The topological polar surface area (TPSA) is 64.9 Å². The van der Waals surface area contributed by atoms with E-state index in [1.54, 1.807) is 11.3 Å². The average molecular weight is 223 g/mol. The van der Waals surface area contributed by atoms with Gasteiger partial charge in [-0.05, 0) is 24.3 Å². The smallest absolute Gasteiger partial charge is 0.230 e. The molecule has 15 heavy (non-hydrogen) atoms. The molecule has 0 unspecified atom stereocenters.